The van der Waals surface area contributed by atoms with Gasteiger partial charge in [0.25, 0.3) is 0 Å². The van der Waals surface area contributed by atoms with E-state index in [1.807, 2.05) is 6.92 Å². The van der Waals surface area contributed by atoms with Crippen LogP contribution in [0, 0.1) is 6.92 Å². The van der Waals surface area contributed by atoms with Crippen molar-refractivity contribution in [2.75, 3.05) is 5.75 Å². The average molecular weight is 356 g/mol. The zero-order chi connectivity index (χ0) is 15.5. The van der Waals surface area contributed by atoms with Gasteiger partial charge in [-0.1, -0.05) is 42.6 Å². The number of thioether (sulfide) groups is 1. The molecular formula is C15H18ClN3OS2. The Morgan fingerprint density at radius 1 is 1.36 bits per heavy atom. The van der Waals surface area contributed by atoms with Gasteiger partial charge in [0, 0.05) is 6.04 Å². The normalized spacial score (nSPS) is 16.1. The first-order valence-corrected chi connectivity index (χ1v) is 9.66. The molecule has 4 nitrogen and oxygen atoms in total. The molecule has 3 rings (SSSR count). The van der Waals surface area contributed by atoms with Gasteiger partial charge in [0.2, 0.25) is 0 Å². The third kappa shape index (κ3) is 3.55. The second-order valence-electron chi connectivity index (χ2n) is 5.51. The van der Waals surface area contributed by atoms with Crippen molar-refractivity contribution in [2.24, 2.45) is 0 Å². The summed E-state index contributed by atoms with van der Waals surface area (Å²) in [6.45, 7) is 1.99. The summed E-state index contributed by atoms with van der Waals surface area (Å²) in [6.07, 6.45) is 6.21. The van der Waals surface area contributed by atoms with Crippen molar-refractivity contribution in [3.05, 3.63) is 27.2 Å². The monoisotopic (exact) mass is 355 g/mol. The molecule has 0 amide bonds. The molecule has 7 heteroatoms. The maximum atomic E-state index is 12.2. The molecule has 0 spiro atoms. The van der Waals surface area contributed by atoms with Crippen LogP contribution in [0.1, 0.15) is 53.6 Å². The SMILES string of the molecule is Cc1nnc(SCC(=O)c2ccc(Cl)s2)n1C1CCCCC1. The fourth-order valence-electron chi connectivity index (χ4n) is 2.87. The highest BCUT2D eigenvalue weighted by Gasteiger charge is 2.22. The molecule has 1 fully saturated rings. The summed E-state index contributed by atoms with van der Waals surface area (Å²) in [5.41, 5.74) is 0. The first-order valence-electron chi connectivity index (χ1n) is 7.48. The highest BCUT2D eigenvalue weighted by atomic mass is 35.5. The second kappa shape index (κ2) is 7.15. The van der Waals surface area contributed by atoms with Crippen LogP contribution in [0.2, 0.25) is 4.34 Å². The summed E-state index contributed by atoms with van der Waals surface area (Å²) in [4.78, 5) is 12.9. The van der Waals surface area contributed by atoms with Gasteiger partial charge in [-0.05, 0) is 31.9 Å². The van der Waals surface area contributed by atoms with Crippen LogP contribution in [0.25, 0.3) is 0 Å². The standard InChI is InChI=1S/C15H18ClN3OS2/c1-10-17-18-15(19(10)11-5-3-2-4-6-11)21-9-12(20)13-7-8-14(16)22-13/h7-8,11H,2-6,9H2,1H3. The first-order chi connectivity index (χ1) is 10.6. The number of aryl methyl sites for hydroxylation is 1. The number of carbonyl (C=O) groups excluding carboxylic acids is 1. The highest BCUT2D eigenvalue weighted by Crippen LogP contribution is 2.33. The quantitative estimate of drug-likeness (QED) is 0.572. The van der Waals surface area contributed by atoms with E-state index in [1.165, 1.54) is 55.2 Å². The Morgan fingerprint density at radius 2 is 2.14 bits per heavy atom. The van der Waals surface area contributed by atoms with E-state index in [0.717, 1.165) is 11.0 Å². The molecule has 0 aromatic carbocycles. The lowest BCUT2D eigenvalue weighted by Gasteiger charge is -2.24. The summed E-state index contributed by atoms with van der Waals surface area (Å²) >= 11 is 8.69. The zero-order valence-corrected chi connectivity index (χ0v) is 14.8. The topological polar surface area (TPSA) is 47.8 Å². The van der Waals surface area contributed by atoms with Crippen LogP contribution in [-0.4, -0.2) is 26.3 Å². The number of thiophene rings is 1. The van der Waals surface area contributed by atoms with E-state index in [2.05, 4.69) is 14.8 Å². The van der Waals surface area contributed by atoms with Crippen LogP contribution in [0.4, 0.5) is 0 Å². The van der Waals surface area contributed by atoms with Crippen LogP contribution in [-0.2, 0) is 0 Å². The van der Waals surface area contributed by atoms with Crippen LogP contribution in [0.15, 0.2) is 17.3 Å². The average Bonchev–Trinajstić information content (AvgIpc) is 3.12. The van der Waals surface area contributed by atoms with Gasteiger partial charge in [-0.15, -0.1) is 21.5 Å². The Hall–Kier alpha value is -0.850. The van der Waals surface area contributed by atoms with Crippen molar-refractivity contribution < 1.29 is 4.79 Å². The van der Waals surface area contributed by atoms with Gasteiger partial charge in [-0.25, -0.2) is 0 Å². The van der Waals surface area contributed by atoms with Crippen LogP contribution in [0.3, 0.4) is 0 Å². The van der Waals surface area contributed by atoms with Gasteiger partial charge in [-0.3, -0.25) is 4.79 Å². The number of hydrogen-bond acceptors (Lipinski definition) is 5. The number of carbonyl (C=O) groups is 1. The smallest absolute Gasteiger partial charge is 0.191 e. The predicted octanol–water partition coefficient (Wildman–Crippen LogP) is 4.78. The lowest BCUT2D eigenvalue weighted by Crippen LogP contribution is -2.15. The molecule has 0 unspecified atom stereocenters. The minimum absolute atomic E-state index is 0.0951. The summed E-state index contributed by atoms with van der Waals surface area (Å²) < 4.78 is 2.87. The van der Waals surface area contributed by atoms with Crippen molar-refractivity contribution in [1.82, 2.24) is 14.8 Å². The molecule has 1 aliphatic carbocycles. The molecule has 0 aliphatic heterocycles. The molecule has 0 saturated heterocycles. The van der Waals surface area contributed by atoms with E-state index in [1.54, 1.807) is 12.1 Å². The van der Waals surface area contributed by atoms with Gasteiger partial charge in [0.15, 0.2) is 10.9 Å². The van der Waals surface area contributed by atoms with E-state index in [-0.39, 0.29) is 5.78 Å². The lowest BCUT2D eigenvalue weighted by atomic mass is 9.95. The minimum Gasteiger partial charge on any atom is -0.303 e. The Labute approximate surface area is 143 Å². The first kappa shape index (κ1) is 16.0. The number of hydrogen-bond donors (Lipinski definition) is 0. The number of Topliss-reactive ketones (excluding diaryl/α,β-unsaturated/α-hetero) is 1. The molecule has 0 radical (unpaired) electrons. The zero-order valence-electron chi connectivity index (χ0n) is 12.4. The molecule has 1 saturated carbocycles. The number of aromatic nitrogens is 3. The number of ketones is 1. The lowest BCUT2D eigenvalue weighted by molar-refractivity contribution is 0.102. The largest absolute Gasteiger partial charge is 0.303 e. The maximum absolute atomic E-state index is 12.2. The molecule has 118 valence electrons. The van der Waals surface area contributed by atoms with Crippen LogP contribution in [0.5, 0.6) is 0 Å². The second-order valence-corrected chi connectivity index (χ2v) is 8.16. The van der Waals surface area contributed by atoms with E-state index in [4.69, 9.17) is 11.6 Å². The van der Waals surface area contributed by atoms with E-state index >= 15 is 0 Å². The molecule has 2 heterocycles. The summed E-state index contributed by atoms with van der Waals surface area (Å²) in [6, 6.07) is 4.03. The van der Waals surface area contributed by atoms with E-state index in [9.17, 15) is 4.79 Å². The van der Waals surface area contributed by atoms with Crippen LogP contribution < -0.4 is 0 Å². The summed E-state index contributed by atoms with van der Waals surface area (Å²) in [5.74, 6) is 1.42. The molecule has 2 aromatic heterocycles. The molecule has 0 bridgehead atoms. The van der Waals surface area contributed by atoms with Crippen molar-refractivity contribution in [3.63, 3.8) is 0 Å². The van der Waals surface area contributed by atoms with Gasteiger partial charge in [0.05, 0.1) is 15.0 Å². The predicted molar refractivity (Wildman–Crippen MR) is 91.3 cm³/mol. The third-order valence-electron chi connectivity index (χ3n) is 3.96. The third-order valence-corrected chi connectivity index (χ3v) is 6.17. The Kier molecular flexibility index (Phi) is 5.21. The van der Waals surface area contributed by atoms with Crippen molar-refractivity contribution in [3.8, 4) is 0 Å². The minimum atomic E-state index is 0.0951. The molecule has 0 N–H and O–H groups in total. The number of halogens is 1. The number of nitrogens with zero attached hydrogens (tertiary/aromatic N) is 3. The fourth-order valence-corrected chi connectivity index (χ4v) is 4.88. The van der Waals surface area contributed by atoms with Gasteiger partial charge in [-0.2, -0.15) is 0 Å². The van der Waals surface area contributed by atoms with E-state index < -0.39 is 0 Å². The fraction of sp³-hybridized carbons (Fsp3) is 0.533. The Morgan fingerprint density at radius 3 is 2.82 bits per heavy atom. The maximum Gasteiger partial charge on any atom is 0.191 e. The summed E-state index contributed by atoms with van der Waals surface area (Å²) in [7, 11) is 0. The molecular weight excluding hydrogens is 338 g/mol. The van der Waals surface area contributed by atoms with Crippen molar-refractivity contribution >= 4 is 40.5 Å². The molecule has 1 aliphatic rings. The van der Waals surface area contributed by atoms with Crippen LogP contribution >= 0.6 is 34.7 Å². The Bertz CT molecular complexity index is 662. The summed E-state index contributed by atoms with van der Waals surface area (Å²) in [5, 5.41) is 9.33. The van der Waals surface area contributed by atoms with Gasteiger partial charge >= 0.3 is 0 Å². The number of rotatable bonds is 5. The molecule has 22 heavy (non-hydrogen) atoms. The van der Waals surface area contributed by atoms with Crippen molar-refractivity contribution in [2.45, 2.75) is 50.2 Å². The van der Waals surface area contributed by atoms with E-state index in [0.29, 0.717) is 21.0 Å². The highest BCUT2D eigenvalue weighted by molar-refractivity contribution is 7.99. The molecule has 2 aromatic rings. The van der Waals surface area contributed by atoms with Gasteiger partial charge in [0.1, 0.15) is 5.82 Å². The Balaban J connectivity index is 1.69. The van der Waals surface area contributed by atoms with Gasteiger partial charge < -0.3 is 4.57 Å². The molecule has 0 atom stereocenters. The van der Waals surface area contributed by atoms with Crippen molar-refractivity contribution in [1.29, 1.82) is 0 Å².